The molecule has 3 aliphatic rings. The average Bonchev–Trinajstić information content (AvgIpc) is 2.70. The Kier molecular flexibility index (Phi) is 6.63. The number of carbonyl (C=O) groups excluding carboxylic acids is 2. The Morgan fingerprint density at radius 3 is 1.97 bits per heavy atom. The van der Waals surface area contributed by atoms with E-state index in [0.717, 1.165) is 32.2 Å². The number of halogens is 2. The zero-order valence-corrected chi connectivity index (χ0v) is 17.4. The first-order valence-corrected chi connectivity index (χ1v) is 11.0. The third kappa shape index (κ3) is 4.81. The minimum absolute atomic E-state index is 0.150. The second-order valence-electron chi connectivity index (χ2n) is 8.54. The highest BCUT2D eigenvalue weighted by Crippen LogP contribution is 2.25. The molecule has 1 aromatic rings. The lowest BCUT2D eigenvalue weighted by atomic mass is 9.91. The van der Waals surface area contributed by atoms with Crippen LogP contribution in [0.5, 0.6) is 0 Å². The first-order valence-electron chi connectivity index (χ1n) is 11.0. The molecule has 2 aliphatic heterocycles. The van der Waals surface area contributed by atoms with Crippen molar-refractivity contribution >= 4 is 11.8 Å². The number of benzene rings is 1. The SMILES string of the molecule is O=C(Cc1c(F)cccc1F)N1CCN(CC(=O)N2CCN(C3CCC3)CC2)CC1. The Morgan fingerprint density at radius 1 is 0.833 bits per heavy atom. The van der Waals surface area contributed by atoms with Gasteiger partial charge in [-0.05, 0) is 25.0 Å². The highest BCUT2D eigenvalue weighted by atomic mass is 19.1. The van der Waals surface area contributed by atoms with Gasteiger partial charge in [0.05, 0.1) is 13.0 Å². The number of nitrogens with zero attached hydrogens (tertiary/aromatic N) is 4. The van der Waals surface area contributed by atoms with Gasteiger partial charge in [0.1, 0.15) is 11.6 Å². The Bertz CT molecular complexity index is 750. The Balaban J connectivity index is 1.20. The normalized spacial score (nSPS) is 21.5. The molecule has 30 heavy (non-hydrogen) atoms. The molecule has 3 fully saturated rings. The number of hydrogen-bond donors (Lipinski definition) is 0. The molecular formula is C22H30F2N4O2. The second-order valence-corrected chi connectivity index (χ2v) is 8.54. The van der Waals surface area contributed by atoms with Crippen molar-refractivity contribution in [3.05, 3.63) is 35.4 Å². The van der Waals surface area contributed by atoms with Gasteiger partial charge in [-0.2, -0.15) is 0 Å². The van der Waals surface area contributed by atoms with Crippen molar-refractivity contribution in [2.45, 2.75) is 31.7 Å². The van der Waals surface area contributed by atoms with Gasteiger partial charge < -0.3 is 9.80 Å². The molecule has 1 aromatic carbocycles. The number of amides is 2. The molecular weight excluding hydrogens is 390 g/mol. The predicted molar refractivity (Wildman–Crippen MR) is 109 cm³/mol. The fourth-order valence-corrected chi connectivity index (χ4v) is 4.50. The monoisotopic (exact) mass is 420 g/mol. The summed E-state index contributed by atoms with van der Waals surface area (Å²) in [4.78, 5) is 33.3. The molecule has 0 aromatic heterocycles. The van der Waals surface area contributed by atoms with Crippen LogP contribution in [-0.2, 0) is 16.0 Å². The highest BCUT2D eigenvalue weighted by molar-refractivity contribution is 5.79. The quantitative estimate of drug-likeness (QED) is 0.722. The maximum Gasteiger partial charge on any atom is 0.236 e. The smallest absolute Gasteiger partial charge is 0.236 e. The molecule has 0 atom stereocenters. The highest BCUT2D eigenvalue weighted by Gasteiger charge is 2.30. The lowest BCUT2D eigenvalue weighted by Gasteiger charge is -2.43. The van der Waals surface area contributed by atoms with E-state index in [1.165, 1.54) is 37.5 Å². The Labute approximate surface area is 176 Å². The van der Waals surface area contributed by atoms with Crippen LogP contribution in [0.4, 0.5) is 8.78 Å². The first-order chi connectivity index (χ1) is 14.5. The molecule has 2 heterocycles. The number of carbonyl (C=O) groups is 2. The molecule has 0 bridgehead atoms. The topological polar surface area (TPSA) is 47.1 Å². The lowest BCUT2D eigenvalue weighted by Crippen LogP contribution is -2.56. The van der Waals surface area contributed by atoms with Crippen LogP contribution in [0.3, 0.4) is 0 Å². The third-order valence-electron chi connectivity index (χ3n) is 6.73. The molecule has 2 amide bonds. The van der Waals surface area contributed by atoms with E-state index < -0.39 is 11.6 Å². The van der Waals surface area contributed by atoms with Crippen molar-refractivity contribution < 1.29 is 18.4 Å². The zero-order chi connectivity index (χ0) is 21.1. The molecule has 2 saturated heterocycles. The van der Waals surface area contributed by atoms with E-state index in [1.54, 1.807) is 4.90 Å². The van der Waals surface area contributed by atoms with E-state index in [2.05, 4.69) is 9.80 Å². The van der Waals surface area contributed by atoms with E-state index in [-0.39, 0.29) is 23.8 Å². The van der Waals surface area contributed by atoms with Crippen LogP contribution in [-0.4, -0.2) is 96.4 Å². The predicted octanol–water partition coefficient (Wildman–Crippen LogP) is 1.35. The fourth-order valence-electron chi connectivity index (χ4n) is 4.50. The minimum atomic E-state index is -0.690. The van der Waals surface area contributed by atoms with E-state index in [9.17, 15) is 18.4 Å². The van der Waals surface area contributed by atoms with Gasteiger partial charge in [-0.1, -0.05) is 12.5 Å². The molecule has 1 aliphatic carbocycles. The van der Waals surface area contributed by atoms with Gasteiger partial charge in [0.25, 0.3) is 0 Å². The van der Waals surface area contributed by atoms with E-state index in [0.29, 0.717) is 32.7 Å². The van der Waals surface area contributed by atoms with Gasteiger partial charge in [0, 0.05) is 64.0 Å². The van der Waals surface area contributed by atoms with E-state index >= 15 is 0 Å². The molecule has 164 valence electrons. The van der Waals surface area contributed by atoms with Gasteiger partial charge in [-0.15, -0.1) is 0 Å². The zero-order valence-electron chi connectivity index (χ0n) is 17.4. The fraction of sp³-hybridized carbons (Fsp3) is 0.636. The summed E-state index contributed by atoms with van der Waals surface area (Å²) in [6.07, 6.45) is 3.64. The molecule has 0 unspecified atom stereocenters. The first kappa shape index (κ1) is 21.2. The second kappa shape index (κ2) is 9.39. The largest absolute Gasteiger partial charge is 0.340 e. The minimum Gasteiger partial charge on any atom is -0.340 e. The van der Waals surface area contributed by atoms with Gasteiger partial charge >= 0.3 is 0 Å². The summed E-state index contributed by atoms with van der Waals surface area (Å²) >= 11 is 0. The summed E-state index contributed by atoms with van der Waals surface area (Å²) in [5, 5.41) is 0. The molecule has 0 spiro atoms. The number of piperazine rings is 2. The van der Waals surface area contributed by atoms with Crippen LogP contribution in [0, 0.1) is 11.6 Å². The molecule has 1 saturated carbocycles. The van der Waals surface area contributed by atoms with Crippen molar-refractivity contribution in [1.82, 2.24) is 19.6 Å². The van der Waals surface area contributed by atoms with Crippen LogP contribution in [0.2, 0.25) is 0 Å². The average molecular weight is 421 g/mol. The summed E-state index contributed by atoms with van der Waals surface area (Å²) in [7, 11) is 0. The lowest BCUT2D eigenvalue weighted by molar-refractivity contribution is -0.136. The summed E-state index contributed by atoms with van der Waals surface area (Å²) in [6.45, 7) is 6.02. The van der Waals surface area contributed by atoms with Crippen molar-refractivity contribution in [2.75, 3.05) is 58.9 Å². The Morgan fingerprint density at radius 2 is 1.40 bits per heavy atom. The van der Waals surface area contributed by atoms with Crippen LogP contribution in [0.1, 0.15) is 24.8 Å². The molecule has 0 radical (unpaired) electrons. The summed E-state index contributed by atoms with van der Waals surface area (Å²) in [5.41, 5.74) is -0.179. The maximum absolute atomic E-state index is 13.8. The van der Waals surface area contributed by atoms with Crippen molar-refractivity contribution in [3.8, 4) is 0 Å². The van der Waals surface area contributed by atoms with Gasteiger partial charge in [0.2, 0.25) is 11.8 Å². The molecule has 4 rings (SSSR count). The van der Waals surface area contributed by atoms with Crippen molar-refractivity contribution in [3.63, 3.8) is 0 Å². The van der Waals surface area contributed by atoms with Crippen LogP contribution >= 0.6 is 0 Å². The van der Waals surface area contributed by atoms with E-state index in [1.807, 2.05) is 4.90 Å². The molecule has 0 N–H and O–H groups in total. The van der Waals surface area contributed by atoms with Gasteiger partial charge in [0.15, 0.2) is 0 Å². The van der Waals surface area contributed by atoms with Gasteiger partial charge in [-0.25, -0.2) is 8.78 Å². The summed E-state index contributed by atoms with van der Waals surface area (Å²) < 4.78 is 27.6. The van der Waals surface area contributed by atoms with Crippen LogP contribution in [0.15, 0.2) is 18.2 Å². The maximum atomic E-state index is 13.8. The van der Waals surface area contributed by atoms with Gasteiger partial charge in [-0.3, -0.25) is 19.4 Å². The van der Waals surface area contributed by atoms with Crippen molar-refractivity contribution in [2.24, 2.45) is 0 Å². The summed E-state index contributed by atoms with van der Waals surface area (Å²) in [5.74, 6) is -1.51. The molecule has 6 nitrogen and oxygen atoms in total. The van der Waals surface area contributed by atoms with Crippen molar-refractivity contribution in [1.29, 1.82) is 0 Å². The third-order valence-corrected chi connectivity index (χ3v) is 6.73. The standard InChI is InChI=1S/C22H30F2N4O2/c23-19-5-2-6-20(24)18(19)15-21(29)27-9-7-25(8-10-27)16-22(30)28-13-11-26(12-14-28)17-3-1-4-17/h2,5-6,17H,1,3-4,7-16H2. The van der Waals surface area contributed by atoms with Crippen LogP contribution < -0.4 is 0 Å². The molecule has 8 heteroatoms. The Hall–Kier alpha value is -2.06. The van der Waals surface area contributed by atoms with Crippen LogP contribution in [0.25, 0.3) is 0 Å². The number of rotatable bonds is 5. The number of hydrogen-bond acceptors (Lipinski definition) is 4. The summed E-state index contributed by atoms with van der Waals surface area (Å²) in [6, 6.07) is 4.36. The van der Waals surface area contributed by atoms with E-state index in [4.69, 9.17) is 0 Å².